The lowest BCUT2D eigenvalue weighted by Crippen LogP contribution is -2.52. The summed E-state index contributed by atoms with van der Waals surface area (Å²) < 4.78 is 0. The highest BCUT2D eigenvalue weighted by atomic mass is 35.5. The Morgan fingerprint density at radius 1 is 1.04 bits per heavy atom. The molecule has 1 aromatic carbocycles. The van der Waals surface area contributed by atoms with Gasteiger partial charge in [-0.3, -0.25) is 9.59 Å². The zero-order chi connectivity index (χ0) is 17.1. The van der Waals surface area contributed by atoms with Crippen molar-refractivity contribution in [2.24, 2.45) is 11.7 Å². The number of carbonyl (C=O) groups is 2. The molecule has 2 aliphatic rings. The first-order valence-corrected chi connectivity index (χ1v) is 8.97. The number of nitrogens with zero attached hydrogens (tertiary/aromatic N) is 2. The van der Waals surface area contributed by atoms with Gasteiger partial charge in [0.05, 0.1) is 6.42 Å². The van der Waals surface area contributed by atoms with Gasteiger partial charge in [-0.15, -0.1) is 0 Å². The van der Waals surface area contributed by atoms with Crippen LogP contribution in [0.2, 0.25) is 5.02 Å². The quantitative estimate of drug-likeness (QED) is 0.902. The van der Waals surface area contributed by atoms with Gasteiger partial charge in [0.15, 0.2) is 0 Å². The largest absolute Gasteiger partial charge is 0.339 e. The highest BCUT2D eigenvalue weighted by molar-refractivity contribution is 6.30. The number of hydrogen-bond donors (Lipinski definition) is 1. The summed E-state index contributed by atoms with van der Waals surface area (Å²) >= 11 is 5.86. The topological polar surface area (TPSA) is 66.6 Å². The Bertz CT molecular complexity index is 597. The summed E-state index contributed by atoms with van der Waals surface area (Å²) in [6, 6.07) is 7.52. The van der Waals surface area contributed by atoms with Crippen LogP contribution in [0.15, 0.2) is 24.3 Å². The first-order valence-electron chi connectivity index (χ1n) is 8.59. The van der Waals surface area contributed by atoms with Gasteiger partial charge >= 0.3 is 0 Å². The van der Waals surface area contributed by atoms with Gasteiger partial charge in [-0.05, 0) is 37.0 Å². The monoisotopic (exact) mass is 349 g/mol. The lowest BCUT2D eigenvalue weighted by Gasteiger charge is -2.36. The molecular formula is C18H24ClN3O2. The average molecular weight is 350 g/mol. The van der Waals surface area contributed by atoms with E-state index in [9.17, 15) is 9.59 Å². The normalized spacial score (nSPS) is 24.2. The third-order valence-electron chi connectivity index (χ3n) is 5.04. The molecule has 1 saturated heterocycles. The summed E-state index contributed by atoms with van der Waals surface area (Å²) in [5, 5.41) is 0.671. The Hall–Kier alpha value is -1.59. The van der Waals surface area contributed by atoms with Crippen LogP contribution < -0.4 is 5.73 Å². The van der Waals surface area contributed by atoms with Gasteiger partial charge in [-0.25, -0.2) is 0 Å². The van der Waals surface area contributed by atoms with E-state index in [0.717, 1.165) is 24.8 Å². The first kappa shape index (κ1) is 17.2. The molecule has 130 valence electrons. The van der Waals surface area contributed by atoms with Crippen molar-refractivity contribution in [3.63, 3.8) is 0 Å². The molecule has 2 fully saturated rings. The third-order valence-corrected chi connectivity index (χ3v) is 5.29. The standard InChI is InChI=1S/C18H24ClN3O2/c19-15-4-1-13(2-5-15)11-17(23)21-7-9-22(10-8-21)18(24)14-3-6-16(20)12-14/h1-2,4-5,14,16H,3,6-12,20H2. The Balaban J connectivity index is 1.48. The molecule has 1 aromatic rings. The Morgan fingerprint density at radius 2 is 1.67 bits per heavy atom. The third kappa shape index (κ3) is 4.08. The molecular weight excluding hydrogens is 326 g/mol. The Labute approximate surface area is 147 Å². The number of amides is 2. The van der Waals surface area contributed by atoms with E-state index in [1.165, 1.54) is 0 Å². The second kappa shape index (κ2) is 7.53. The predicted octanol–water partition coefficient (Wildman–Crippen LogP) is 1.68. The first-order chi connectivity index (χ1) is 11.5. The van der Waals surface area contributed by atoms with E-state index >= 15 is 0 Å². The maximum Gasteiger partial charge on any atom is 0.227 e. The molecule has 1 aliphatic carbocycles. The molecule has 2 atom stereocenters. The number of benzene rings is 1. The van der Waals surface area contributed by atoms with Crippen LogP contribution in [0.25, 0.3) is 0 Å². The summed E-state index contributed by atoms with van der Waals surface area (Å²) in [6.07, 6.45) is 3.02. The SMILES string of the molecule is NC1CCC(C(=O)N2CCN(C(=O)Cc3ccc(Cl)cc3)CC2)C1. The number of halogens is 1. The minimum absolute atomic E-state index is 0.0799. The molecule has 6 heteroatoms. The van der Waals surface area contributed by atoms with E-state index in [4.69, 9.17) is 17.3 Å². The Kier molecular flexibility index (Phi) is 5.41. The van der Waals surface area contributed by atoms with E-state index in [1.54, 1.807) is 12.1 Å². The summed E-state index contributed by atoms with van der Waals surface area (Å²) in [4.78, 5) is 28.6. The van der Waals surface area contributed by atoms with Crippen molar-refractivity contribution < 1.29 is 9.59 Å². The Morgan fingerprint density at radius 3 is 2.25 bits per heavy atom. The van der Waals surface area contributed by atoms with Crippen LogP contribution in [0, 0.1) is 5.92 Å². The molecule has 1 aliphatic heterocycles. The minimum Gasteiger partial charge on any atom is -0.339 e. The average Bonchev–Trinajstić information content (AvgIpc) is 3.03. The fraction of sp³-hybridized carbons (Fsp3) is 0.556. The van der Waals surface area contributed by atoms with Crippen molar-refractivity contribution >= 4 is 23.4 Å². The fourth-order valence-electron chi connectivity index (χ4n) is 3.56. The van der Waals surface area contributed by atoms with Gasteiger partial charge in [0.25, 0.3) is 0 Å². The number of carbonyl (C=O) groups excluding carboxylic acids is 2. The maximum absolute atomic E-state index is 12.5. The highest BCUT2D eigenvalue weighted by Crippen LogP contribution is 2.26. The van der Waals surface area contributed by atoms with Gasteiger partial charge in [0.2, 0.25) is 11.8 Å². The molecule has 0 bridgehead atoms. The van der Waals surface area contributed by atoms with Crippen LogP contribution in [-0.4, -0.2) is 53.8 Å². The molecule has 0 spiro atoms. The van der Waals surface area contributed by atoms with Crippen molar-refractivity contribution in [2.45, 2.75) is 31.7 Å². The number of piperazine rings is 1. The molecule has 0 radical (unpaired) electrons. The summed E-state index contributed by atoms with van der Waals surface area (Å²) in [6.45, 7) is 2.46. The molecule has 1 heterocycles. The van der Waals surface area contributed by atoms with E-state index in [0.29, 0.717) is 37.6 Å². The molecule has 5 nitrogen and oxygen atoms in total. The second-order valence-electron chi connectivity index (χ2n) is 6.78. The molecule has 2 N–H and O–H groups in total. The van der Waals surface area contributed by atoms with Crippen molar-refractivity contribution in [3.05, 3.63) is 34.9 Å². The lowest BCUT2D eigenvalue weighted by molar-refractivity contribution is -0.141. The molecule has 0 aromatic heterocycles. The highest BCUT2D eigenvalue weighted by Gasteiger charge is 2.33. The van der Waals surface area contributed by atoms with Gasteiger partial charge in [0, 0.05) is 43.2 Å². The lowest BCUT2D eigenvalue weighted by atomic mass is 10.1. The summed E-state index contributed by atoms with van der Waals surface area (Å²) in [5.41, 5.74) is 6.87. The molecule has 1 saturated carbocycles. The van der Waals surface area contributed by atoms with Crippen molar-refractivity contribution in [1.29, 1.82) is 0 Å². The number of hydrogen-bond acceptors (Lipinski definition) is 3. The summed E-state index contributed by atoms with van der Waals surface area (Å²) in [7, 11) is 0. The minimum atomic E-state index is 0.0799. The van der Waals surface area contributed by atoms with Gasteiger partial charge in [-0.2, -0.15) is 0 Å². The van der Waals surface area contributed by atoms with Gasteiger partial charge in [-0.1, -0.05) is 23.7 Å². The van der Waals surface area contributed by atoms with Crippen LogP contribution in [0.5, 0.6) is 0 Å². The van der Waals surface area contributed by atoms with Crippen LogP contribution in [0.1, 0.15) is 24.8 Å². The van der Waals surface area contributed by atoms with Crippen LogP contribution >= 0.6 is 11.6 Å². The van der Waals surface area contributed by atoms with Crippen LogP contribution in [0.3, 0.4) is 0 Å². The molecule has 2 amide bonds. The fourth-order valence-corrected chi connectivity index (χ4v) is 3.69. The van der Waals surface area contributed by atoms with Crippen molar-refractivity contribution in [1.82, 2.24) is 9.80 Å². The number of rotatable bonds is 3. The smallest absolute Gasteiger partial charge is 0.227 e. The van der Waals surface area contributed by atoms with Crippen molar-refractivity contribution in [3.8, 4) is 0 Å². The van der Waals surface area contributed by atoms with E-state index in [1.807, 2.05) is 21.9 Å². The zero-order valence-corrected chi connectivity index (χ0v) is 14.5. The number of nitrogens with two attached hydrogens (primary N) is 1. The molecule has 2 unspecified atom stereocenters. The molecule has 3 rings (SSSR count). The predicted molar refractivity (Wildman–Crippen MR) is 93.6 cm³/mol. The van der Waals surface area contributed by atoms with Crippen LogP contribution in [-0.2, 0) is 16.0 Å². The summed E-state index contributed by atoms with van der Waals surface area (Å²) in [5.74, 6) is 0.399. The second-order valence-corrected chi connectivity index (χ2v) is 7.22. The maximum atomic E-state index is 12.5. The van der Waals surface area contributed by atoms with E-state index in [2.05, 4.69) is 0 Å². The van der Waals surface area contributed by atoms with Gasteiger partial charge < -0.3 is 15.5 Å². The molecule has 24 heavy (non-hydrogen) atoms. The van der Waals surface area contributed by atoms with Gasteiger partial charge in [0.1, 0.15) is 0 Å². The van der Waals surface area contributed by atoms with E-state index < -0.39 is 0 Å². The van der Waals surface area contributed by atoms with E-state index in [-0.39, 0.29) is 23.8 Å². The van der Waals surface area contributed by atoms with Crippen molar-refractivity contribution in [2.75, 3.05) is 26.2 Å². The van der Waals surface area contributed by atoms with Crippen LogP contribution in [0.4, 0.5) is 0 Å². The zero-order valence-electron chi connectivity index (χ0n) is 13.8.